The quantitative estimate of drug-likeness (QED) is 0.396. The molecule has 1 atom stereocenters. The van der Waals surface area contributed by atoms with Gasteiger partial charge in [0.25, 0.3) is 11.5 Å². The van der Waals surface area contributed by atoms with Gasteiger partial charge in [-0.2, -0.15) is 26.3 Å². The number of rotatable bonds is 7. The minimum atomic E-state index is -4.88. The summed E-state index contributed by atoms with van der Waals surface area (Å²) in [5.74, 6) is -1.51. The molecule has 13 heteroatoms. The Balaban J connectivity index is 1.75. The molecule has 0 bridgehead atoms. The van der Waals surface area contributed by atoms with Gasteiger partial charge in [0.15, 0.2) is 5.78 Å². The number of ketones is 1. The van der Waals surface area contributed by atoms with Gasteiger partial charge in [0.05, 0.1) is 18.7 Å². The fraction of sp³-hybridized carbons (Fsp3) is 0.348. The maximum absolute atomic E-state index is 14.1. The highest BCUT2D eigenvalue weighted by molar-refractivity contribution is 6.34. The number of nitrogens with one attached hydrogen (secondary N) is 1. The van der Waals surface area contributed by atoms with E-state index in [9.17, 15) is 35.9 Å². The number of alkyl halides is 6. The second-order valence-corrected chi connectivity index (χ2v) is 9.03. The van der Waals surface area contributed by atoms with E-state index in [0.29, 0.717) is 5.56 Å². The summed E-state index contributed by atoms with van der Waals surface area (Å²) in [5.41, 5.74) is -2.51. The van der Waals surface area contributed by atoms with E-state index in [0.717, 1.165) is 12.1 Å². The van der Waals surface area contributed by atoms with Crippen LogP contribution in [-0.2, 0) is 15.2 Å². The van der Waals surface area contributed by atoms with Gasteiger partial charge in [-0.3, -0.25) is 9.59 Å². The lowest BCUT2D eigenvalue weighted by Gasteiger charge is -2.29. The van der Waals surface area contributed by atoms with Crippen molar-refractivity contribution in [2.45, 2.75) is 44.1 Å². The van der Waals surface area contributed by atoms with E-state index in [1.165, 1.54) is 31.2 Å². The summed E-state index contributed by atoms with van der Waals surface area (Å²) in [6.45, 7) is 0.918. The van der Waals surface area contributed by atoms with Gasteiger partial charge in [-0.05, 0) is 48.4 Å². The third kappa shape index (κ3) is 6.31. The van der Waals surface area contributed by atoms with Crippen molar-refractivity contribution in [2.24, 2.45) is 5.16 Å². The van der Waals surface area contributed by atoms with E-state index in [1.807, 2.05) is 0 Å². The zero-order valence-corrected chi connectivity index (χ0v) is 20.0. The van der Waals surface area contributed by atoms with Gasteiger partial charge in [0, 0.05) is 34.0 Å². The molecular weight excluding hydrogens is 537 g/mol. The smallest absolute Gasteiger partial charge is 0.374 e. The molecule has 194 valence electrons. The second-order valence-electron chi connectivity index (χ2n) is 8.16. The van der Waals surface area contributed by atoms with Crippen molar-refractivity contribution >= 4 is 40.6 Å². The molecule has 2 aromatic carbocycles. The predicted molar refractivity (Wildman–Crippen MR) is 120 cm³/mol. The number of carbonyl (C=O) groups is 2. The molecule has 0 saturated heterocycles. The molecule has 0 fully saturated rings. The van der Waals surface area contributed by atoms with E-state index in [-0.39, 0.29) is 32.4 Å². The summed E-state index contributed by atoms with van der Waals surface area (Å²) >= 11 is 11.8. The Morgan fingerprint density at radius 1 is 1.06 bits per heavy atom. The molecule has 0 aliphatic carbocycles. The first-order valence-corrected chi connectivity index (χ1v) is 11.1. The van der Waals surface area contributed by atoms with E-state index < -0.39 is 55.5 Å². The van der Waals surface area contributed by atoms with Gasteiger partial charge < -0.3 is 10.2 Å². The Labute approximate surface area is 211 Å². The third-order valence-electron chi connectivity index (χ3n) is 5.45. The fourth-order valence-electron chi connectivity index (χ4n) is 3.59. The lowest BCUT2D eigenvalue weighted by Crippen LogP contribution is -2.42. The summed E-state index contributed by atoms with van der Waals surface area (Å²) in [6.07, 6.45) is -12.1. The van der Waals surface area contributed by atoms with Gasteiger partial charge in [-0.1, -0.05) is 34.4 Å². The monoisotopic (exact) mass is 554 g/mol. The predicted octanol–water partition coefficient (Wildman–Crippen LogP) is 6.53. The molecule has 0 saturated carbocycles. The van der Waals surface area contributed by atoms with E-state index in [2.05, 4.69) is 10.5 Å². The van der Waals surface area contributed by atoms with Crippen LogP contribution in [0.4, 0.5) is 26.3 Å². The molecular formula is C23H18Cl2F6N2O3. The molecule has 5 nitrogen and oxygen atoms in total. The molecule has 1 amide bonds. The van der Waals surface area contributed by atoms with Crippen LogP contribution in [-0.4, -0.2) is 36.3 Å². The number of hydrogen-bond donors (Lipinski definition) is 1. The standard InChI is InChI=1S/C23H18Cl2F6N2O3/c1-12-6-13(2-3-18(12)20(35)32-11-17(34)4-5-22(26,27)28)19-10-21(36-33-19,23(29,30)31)14-7-15(24)9-16(25)8-14/h2-3,6-9H,4-5,10-11H2,1H3,(H,32,35). The van der Waals surface area contributed by atoms with Crippen molar-refractivity contribution in [3.05, 3.63) is 68.7 Å². The maximum atomic E-state index is 14.1. The average Bonchev–Trinajstić information content (AvgIpc) is 3.22. The van der Waals surface area contributed by atoms with Crippen LogP contribution in [0.1, 0.15) is 46.3 Å². The summed E-state index contributed by atoms with van der Waals surface area (Å²) < 4.78 is 79.1. The van der Waals surface area contributed by atoms with Crippen LogP contribution < -0.4 is 5.32 Å². The number of nitrogens with zero attached hydrogens (tertiary/aromatic N) is 1. The number of carbonyl (C=O) groups excluding carboxylic acids is 2. The largest absolute Gasteiger partial charge is 0.435 e. The molecule has 0 spiro atoms. The molecule has 0 aromatic heterocycles. The summed E-state index contributed by atoms with van der Waals surface area (Å²) in [5, 5.41) is 5.87. The van der Waals surface area contributed by atoms with Crippen LogP contribution in [0.3, 0.4) is 0 Å². The number of aryl methyl sites for hydroxylation is 1. The van der Waals surface area contributed by atoms with E-state index in [4.69, 9.17) is 28.0 Å². The van der Waals surface area contributed by atoms with Crippen molar-refractivity contribution in [1.29, 1.82) is 0 Å². The number of oxime groups is 1. The van der Waals surface area contributed by atoms with E-state index in [1.54, 1.807) is 0 Å². The lowest BCUT2D eigenvalue weighted by molar-refractivity contribution is -0.275. The minimum absolute atomic E-state index is 0.0127. The van der Waals surface area contributed by atoms with Gasteiger partial charge in [-0.15, -0.1) is 0 Å². The van der Waals surface area contributed by atoms with Gasteiger partial charge >= 0.3 is 12.4 Å². The zero-order valence-electron chi connectivity index (χ0n) is 18.5. The maximum Gasteiger partial charge on any atom is 0.435 e. The average molecular weight is 555 g/mol. The first-order valence-electron chi connectivity index (χ1n) is 10.4. The summed E-state index contributed by atoms with van der Waals surface area (Å²) in [6, 6.07) is 7.55. The number of halogens is 8. The highest BCUT2D eigenvalue weighted by Crippen LogP contribution is 2.49. The number of amides is 1. The molecule has 3 rings (SSSR count). The Bertz CT molecular complexity index is 1190. The van der Waals surface area contributed by atoms with Crippen LogP contribution in [0.25, 0.3) is 0 Å². The minimum Gasteiger partial charge on any atom is -0.374 e. The van der Waals surface area contributed by atoms with Crippen LogP contribution in [0.5, 0.6) is 0 Å². The van der Waals surface area contributed by atoms with Crippen molar-refractivity contribution < 1.29 is 40.8 Å². The van der Waals surface area contributed by atoms with Gasteiger partial charge in [0.1, 0.15) is 0 Å². The highest BCUT2D eigenvalue weighted by atomic mass is 35.5. The first-order chi connectivity index (χ1) is 16.6. The molecule has 0 radical (unpaired) electrons. The van der Waals surface area contributed by atoms with Crippen molar-refractivity contribution in [3.8, 4) is 0 Å². The molecule has 1 heterocycles. The Morgan fingerprint density at radius 3 is 2.25 bits per heavy atom. The van der Waals surface area contributed by atoms with Crippen molar-refractivity contribution in [2.75, 3.05) is 6.54 Å². The fourth-order valence-corrected chi connectivity index (χ4v) is 4.11. The van der Waals surface area contributed by atoms with E-state index >= 15 is 0 Å². The molecule has 1 N–H and O–H groups in total. The third-order valence-corrected chi connectivity index (χ3v) is 5.89. The topological polar surface area (TPSA) is 67.8 Å². The van der Waals surface area contributed by atoms with Crippen LogP contribution in [0.2, 0.25) is 10.0 Å². The normalized spacial score (nSPS) is 18.0. The second kappa shape index (κ2) is 10.3. The molecule has 1 aliphatic heterocycles. The van der Waals surface area contributed by atoms with Crippen LogP contribution in [0, 0.1) is 6.92 Å². The zero-order chi connectivity index (χ0) is 26.9. The molecule has 36 heavy (non-hydrogen) atoms. The van der Waals surface area contributed by atoms with Crippen molar-refractivity contribution in [1.82, 2.24) is 5.32 Å². The summed E-state index contributed by atoms with van der Waals surface area (Å²) in [4.78, 5) is 28.9. The number of Topliss-reactive ketones (excluding diaryl/α,β-unsaturated/α-hetero) is 1. The number of hydrogen-bond acceptors (Lipinski definition) is 4. The SMILES string of the molecule is Cc1cc(C2=NOC(c3cc(Cl)cc(Cl)c3)(C(F)(F)F)C2)ccc1C(=O)NCC(=O)CCC(F)(F)F. The summed E-state index contributed by atoms with van der Waals surface area (Å²) in [7, 11) is 0. The molecule has 2 aromatic rings. The van der Waals surface area contributed by atoms with Crippen LogP contribution >= 0.6 is 23.2 Å². The lowest BCUT2D eigenvalue weighted by atomic mass is 9.86. The first kappa shape index (κ1) is 27.8. The Morgan fingerprint density at radius 2 is 1.69 bits per heavy atom. The molecule has 1 unspecified atom stereocenters. The molecule has 1 aliphatic rings. The van der Waals surface area contributed by atoms with Crippen molar-refractivity contribution in [3.63, 3.8) is 0 Å². The Hall–Kier alpha value is -2.79. The Kier molecular flexibility index (Phi) is 7.95. The van der Waals surface area contributed by atoms with Gasteiger partial charge in [0.2, 0.25) is 0 Å². The number of benzene rings is 2. The van der Waals surface area contributed by atoms with Crippen LogP contribution in [0.15, 0.2) is 41.6 Å². The highest BCUT2D eigenvalue weighted by Gasteiger charge is 2.62. The van der Waals surface area contributed by atoms with Gasteiger partial charge in [-0.25, -0.2) is 0 Å².